The first-order chi connectivity index (χ1) is 12.4. The van der Waals surface area contributed by atoms with Crippen LogP contribution in [0.15, 0.2) is 12.1 Å². The zero-order valence-corrected chi connectivity index (χ0v) is 16.1. The number of fused-ring (bicyclic) bond motifs is 1. The molecule has 0 saturated carbocycles. The smallest absolute Gasteiger partial charge is 0.282 e. The summed E-state index contributed by atoms with van der Waals surface area (Å²) in [6.45, 7) is 7.47. The molecule has 0 bridgehead atoms. The summed E-state index contributed by atoms with van der Waals surface area (Å²) in [4.78, 5) is 2.11. The molecule has 10 heteroatoms. The third-order valence-corrected chi connectivity index (χ3v) is 7.24. The third kappa shape index (κ3) is 3.17. The molecule has 2 aromatic heterocycles. The summed E-state index contributed by atoms with van der Waals surface area (Å²) >= 11 is 0. The molecule has 0 aliphatic carbocycles. The lowest BCUT2D eigenvalue weighted by Gasteiger charge is -2.39. The van der Waals surface area contributed by atoms with Crippen LogP contribution >= 0.6 is 0 Å². The van der Waals surface area contributed by atoms with Crippen molar-refractivity contribution in [3.8, 4) is 0 Å². The van der Waals surface area contributed by atoms with E-state index < -0.39 is 10.2 Å². The average Bonchev–Trinajstić information content (AvgIpc) is 3.02. The Morgan fingerprint density at radius 2 is 1.81 bits per heavy atom. The molecule has 0 aromatic carbocycles. The van der Waals surface area contributed by atoms with Crippen LogP contribution in [-0.4, -0.2) is 76.1 Å². The number of aryl methyl sites for hydroxylation is 1. The molecule has 4 rings (SSSR count). The van der Waals surface area contributed by atoms with Crippen LogP contribution in [-0.2, 0) is 10.2 Å². The van der Waals surface area contributed by atoms with Gasteiger partial charge in [0.15, 0.2) is 11.5 Å². The Labute approximate surface area is 153 Å². The van der Waals surface area contributed by atoms with E-state index in [2.05, 4.69) is 27.1 Å². The first kappa shape index (κ1) is 17.6. The number of hydrogen-bond acceptors (Lipinski definition) is 6. The van der Waals surface area contributed by atoms with Crippen molar-refractivity contribution in [2.24, 2.45) is 5.92 Å². The van der Waals surface area contributed by atoms with Crippen LogP contribution in [0.1, 0.15) is 25.6 Å². The van der Waals surface area contributed by atoms with Gasteiger partial charge in [-0.05, 0) is 37.8 Å². The van der Waals surface area contributed by atoms with Crippen molar-refractivity contribution in [3.63, 3.8) is 0 Å². The standard InChI is InChI=1S/C16H25N7O2S/c1-13-4-3-7-22(12-13)26(24,25)21-10-8-20(9-11-21)16-6-5-15-18-17-14(2)23(15)19-16/h5-6,13H,3-4,7-12H2,1-2H3/t13-/m0/s1. The quantitative estimate of drug-likeness (QED) is 0.773. The molecule has 2 fully saturated rings. The summed E-state index contributed by atoms with van der Waals surface area (Å²) in [6, 6.07) is 3.81. The first-order valence-corrected chi connectivity index (χ1v) is 10.5. The predicted molar refractivity (Wildman–Crippen MR) is 98.2 cm³/mol. The highest BCUT2D eigenvalue weighted by Gasteiger charge is 2.34. The Morgan fingerprint density at radius 1 is 1.04 bits per heavy atom. The van der Waals surface area contributed by atoms with Gasteiger partial charge in [-0.25, -0.2) is 0 Å². The monoisotopic (exact) mass is 379 g/mol. The number of rotatable bonds is 3. The molecular weight excluding hydrogens is 354 g/mol. The van der Waals surface area contributed by atoms with E-state index in [0.717, 1.165) is 24.5 Å². The highest BCUT2D eigenvalue weighted by Crippen LogP contribution is 2.22. The Kier molecular flexibility index (Phi) is 4.57. The molecule has 2 saturated heterocycles. The summed E-state index contributed by atoms with van der Waals surface area (Å²) in [6.07, 6.45) is 2.05. The van der Waals surface area contributed by atoms with Gasteiger partial charge in [0.05, 0.1) is 0 Å². The number of piperidine rings is 1. The van der Waals surface area contributed by atoms with Gasteiger partial charge in [-0.3, -0.25) is 0 Å². The van der Waals surface area contributed by atoms with Crippen LogP contribution in [0, 0.1) is 12.8 Å². The van der Waals surface area contributed by atoms with Crippen LogP contribution < -0.4 is 4.90 Å². The van der Waals surface area contributed by atoms with Crippen molar-refractivity contribution in [2.75, 3.05) is 44.2 Å². The van der Waals surface area contributed by atoms with Crippen LogP contribution in [0.4, 0.5) is 5.82 Å². The molecule has 0 spiro atoms. The average molecular weight is 379 g/mol. The molecular formula is C16H25N7O2S. The largest absolute Gasteiger partial charge is 0.353 e. The van der Waals surface area contributed by atoms with Gasteiger partial charge in [-0.15, -0.1) is 15.3 Å². The fourth-order valence-electron chi connectivity index (χ4n) is 3.72. The van der Waals surface area contributed by atoms with Crippen molar-refractivity contribution < 1.29 is 8.42 Å². The fraction of sp³-hybridized carbons (Fsp3) is 0.688. The minimum atomic E-state index is -3.36. The van der Waals surface area contributed by atoms with Gasteiger partial charge in [-0.2, -0.15) is 21.5 Å². The fourth-order valence-corrected chi connectivity index (χ4v) is 5.48. The Bertz CT molecular complexity index is 889. The molecule has 4 heterocycles. The van der Waals surface area contributed by atoms with Crippen LogP contribution in [0.2, 0.25) is 0 Å². The van der Waals surface area contributed by atoms with Crippen LogP contribution in [0.3, 0.4) is 0 Å². The van der Waals surface area contributed by atoms with Crippen molar-refractivity contribution >= 4 is 21.7 Å². The number of aromatic nitrogens is 4. The zero-order valence-electron chi connectivity index (χ0n) is 15.2. The lowest BCUT2D eigenvalue weighted by molar-refractivity contribution is 0.254. The van der Waals surface area contributed by atoms with Gasteiger partial charge in [0.2, 0.25) is 0 Å². The van der Waals surface area contributed by atoms with E-state index in [0.29, 0.717) is 50.8 Å². The van der Waals surface area contributed by atoms with Gasteiger partial charge in [0, 0.05) is 39.3 Å². The summed E-state index contributed by atoms with van der Waals surface area (Å²) in [7, 11) is -3.36. The molecule has 0 N–H and O–H groups in total. The molecule has 0 unspecified atom stereocenters. The van der Waals surface area contributed by atoms with E-state index in [1.807, 2.05) is 19.1 Å². The summed E-state index contributed by atoms with van der Waals surface area (Å²) in [5, 5.41) is 12.7. The molecule has 2 aliphatic heterocycles. The number of piperazine rings is 1. The van der Waals surface area contributed by atoms with E-state index in [4.69, 9.17) is 0 Å². The lowest BCUT2D eigenvalue weighted by Crippen LogP contribution is -2.54. The topological polar surface area (TPSA) is 86.9 Å². The summed E-state index contributed by atoms with van der Waals surface area (Å²) < 4.78 is 30.8. The van der Waals surface area contributed by atoms with E-state index in [9.17, 15) is 8.42 Å². The van der Waals surface area contributed by atoms with E-state index in [-0.39, 0.29) is 0 Å². The van der Waals surface area contributed by atoms with E-state index in [1.165, 1.54) is 0 Å². The van der Waals surface area contributed by atoms with Gasteiger partial charge in [0.25, 0.3) is 10.2 Å². The summed E-state index contributed by atoms with van der Waals surface area (Å²) in [5.74, 6) is 1.99. The van der Waals surface area contributed by atoms with Gasteiger partial charge in [0.1, 0.15) is 5.82 Å². The minimum absolute atomic E-state index is 0.433. The molecule has 1 atom stereocenters. The number of hydrogen-bond donors (Lipinski definition) is 0. The highest BCUT2D eigenvalue weighted by atomic mass is 32.2. The van der Waals surface area contributed by atoms with Gasteiger partial charge >= 0.3 is 0 Å². The molecule has 26 heavy (non-hydrogen) atoms. The maximum absolute atomic E-state index is 12.9. The van der Waals surface area contributed by atoms with E-state index >= 15 is 0 Å². The SMILES string of the molecule is Cc1nnc2ccc(N3CCN(S(=O)(=O)N4CCC[C@H](C)C4)CC3)nn12. The van der Waals surface area contributed by atoms with Crippen molar-refractivity contribution in [1.29, 1.82) is 0 Å². The maximum Gasteiger partial charge on any atom is 0.282 e. The molecule has 142 valence electrons. The van der Waals surface area contributed by atoms with Crippen molar-refractivity contribution in [2.45, 2.75) is 26.7 Å². The normalized spacial score (nSPS) is 23.6. The molecule has 0 amide bonds. The third-order valence-electron chi connectivity index (χ3n) is 5.24. The van der Waals surface area contributed by atoms with Crippen molar-refractivity contribution in [3.05, 3.63) is 18.0 Å². The second-order valence-electron chi connectivity index (χ2n) is 7.21. The second-order valence-corrected chi connectivity index (χ2v) is 9.14. The predicted octanol–water partition coefficient (Wildman–Crippen LogP) is 0.531. The molecule has 2 aromatic rings. The van der Waals surface area contributed by atoms with Crippen LogP contribution in [0.5, 0.6) is 0 Å². The zero-order chi connectivity index (χ0) is 18.3. The highest BCUT2D eigenvalue weighted by molar-refractivity contribution is 7.86. The first-order valence-electron chi connectivity index (χ1n) is 9.14. The molecule has 9 nitrogen and oxygen atoms in total. The number of anilines is 1. The second kappa shape index (κ2) is 6.75. The van der Waals surface area contributed by atoms with Crippen LogP contribution in [0.25, 0.3) is 5.65 Å². The Morgan fingerprint density at radius 3 is 2.54 bits per heavy atom. The molecule has 2 aliphatic rings. The molecule has 0 radical (unpaired) electrons. The van der Waals surface area contributed by atoms with Crippen molar-refractivity contribution in [1.82, 2.24) is 28.4 Å². The Hall–Kier alpha value is -1.78. The van der Waals surface area contributed by atoms with E-state index in [1.54, 1.807) is 13.1 Å². The minimum Gasteiger partial charge on any atom is -0.353 e. The maximum atomic E-state index is 12.9. The lowest BCUT2D eigenvalue weighted by atomic mass is 10.0. The summed E-state index contributed by atoms with van der Waals surface area (Å²) in [5.41, 5.74) is 0.715. The number of nitrogens with zero attached hydrogens (tertiary/aromatic N) is 7. The Balaban J connectivity index is 1.45. The van der Waals surface area contributed by atoms with Gasteiger partial charge < -0.3 is 4.90 Å². The van der Waals surface area contributed by atoms with Gasteiger partial charge in [-0.1, -0.05) is 6.92 Å².